The Balaban J connectivity index is 1.67. The lowest BCUT2D eigenvalue weighted by atomic mass is 9.80. The zero-order chi connectivity index (χ0) is 20.6. The number of unbranched alkanes of at least 4 members (excludes halogenated alkanes) is 1. The van der Waals surface area contributed by atoms with Crippen LogP contribution in [0.1, 0.15) is 112 Å². The van der Waals surface area contributed by atoms with Crippen molar-refractivity contribution in [3.8, 4) is 0 Å². The Kier molecular flexibility index (Phi) is 9.81. The van der Waals surface area contributed by atoms with Gasteiger partial charge in [-0.05, 0) is 108 Å². The van der Waals surface area contributed by atoms with E-state index >= 15 is 0 Å². The molecular formula is C26H52N2. The van der Waals surface area contributed by atoms with E-state index in [1.54, 1.807) is 0 Å². The maximum absolute atomic E-state index is 2.84. The summed E-state index contributed by atoms with van der Waals surface area (Å²) in [5, 5.41) is 0. The lowest BCUT2D eigenvalue weighted by Gasteiger charge is -2.46. The van der Waals surface area contributed by atoms with Gasteiger partial charge >= 0.3 is 0 Å². The first-order valence-electron chi connectivity index (χ1n) is 12.8. The molecule has 0 N–H and O–H groups in total. The summed E-state index contributed by atoms with van der Waals surface area (Å²) in [5.41, 5.74) is 0.980. The first-order valence-corrected chi connectivity index (χ1v) is 12.8. The third kappa shape index (κ3) is 7.31. The Labute approximate surface area is 177 Å². The summed E-state index contributed by atoms with van der Waals surface area (Å²) in [5.74, 6) is 2.00. The van der Waals surface area contributed by atoms with Gasteiger partial charge in [-0.1, -0.05) is 53.9 Å². The predicted molar refractivity (Wildman–Crippen MR) is 125 cm³/mol. The van der Waals surface area contributed by atoms with Crippen molar-refractivity contribution in [3.05, 3.63) is 0 Å². The van der Waals surface area contributed by atoms with Crippen LogP contribution in [0, 0.1) is 17.3 Å². The van der Waals surface area contributed by atoms with E-state index in [0.717, 1.165) is 11.8 Å². The van der Waals surface area contributed by atoms with Crippen LogP contribution in [0.4, 0.5) is 0 Å². The molecule has 2 heterocycles. The van der Waals surface area contributed by atoms with Crippen LogP contribution >= 0.6 is 0 Å². The van der Waals surface area contributed by atoms with Gasteiger partial charge in [-0.15, -0.1) is 0 Å². The standard InChI is InChI=1S/C26H52N2/c1-7-10-15-26(6,9-3)28-19-13-24(14-20-28)22-23-11-17-27(18-12-23)21-16-25(4,5)8-2/h23-24H,7-22H2,1-6H3. The fourth-order valence-electron chi connectivity index (χ4n) is 5.38. The van der Waals surface area contributed by atoms with Crippen LogP contribution in [0.25, 0.3) is 0 Å². The topological polar surface area (TPSA) is 6.48 Å². The van der Waals surface area contributed by atoms with Crippen LogP contribution in [-0.4, -0.2) is 48.1 Å². The number of nitrogens with zero attached hydrogens (tertiary/aromatic N) is 2. The van der Waals surface area contributed by atoms with Crippen molar-refractivity contribution in [1.82, 2.24) is 9.80 Å². The summed E-state index contributed by atoms with van der Waals surface area (Å²) < 4.78 is 0. The smallest absolute Gasteiger partial charge is 0.0178 e. The first kappa shape index (κ1) is 24.2. The minimum atomic E-state index is 0.457. The fraction of sp³-hybridized carbons (Fsp3) is 1.00. The zero-order valence-electron chi connectivity index (χ0n) is 20.4. The molecule has 2 nitrogen and oxygen atoms in total. The van der Waals surface area contributed by atoms with Gasteiger partial charge in [0.15, 0.2) is 0 Å². The molecule has 0 aromatic rings. The van der Waals surface area contributed by atoms with Gasteiger partial charge in [0.25, 0.3) is 0 Å². The summed E-state index contributed by atoms with van der Waals surface area (Å²) in [6, 6.07) is 0. The minimum Gasteiger partial charge on any atom is -0.303 e. The Bertz CT molecular complexity index is 416. The van der Waals surface area contributed by atoms with Crippen LogP contribution < -0.4 is 0 Å². The van der Waals surface area contributed by atoms with Crippen LogP contribution in [0.15, 0.2) is 0 Å². The molecule has 2 fully saturated rings. The number of hydrogen-bond donors (Lipinski definition) is 0. The van der Waals surface area contributed by atoms with Gasteiger partial charge in [0.1, 0.15) is 0 Å². The van der Waals surface area contributed by atoms with Crippen molar-refractivity contribution in [2.45, 2.75) is 118 Å². The van der Waals surface area contributed by atoms with Crippen molar-refractivity contribution < 1.29 is 0 Å². The van der Waals surface area contributed by atoms with Crippen LogP contribution in [0.5, 0.6) is 0 Å². The summed E-state index contributed by atoms with van der Waals surface area (Å²) in [7, 11) is 0. The molecule has 1 unspecified atom stereocenters. The van der Waals surface area contributed by atoms with E-state index in [4.69, 9.17) is 0 Å². The average molecular weight is 393 g/mol. The minimum absolute atomic E-state index is 0.457. The van der Waals surface area contributed by atoms with Crippen molar-refractivity contribution >= 4 is 0 Å². The van der Waals surface area contributed by atoms with Gasteiger partial charge in [0.05, 0.1) is 0 Å². The number of likely N-dealkylation sites (tertiary alicyclic amines) is 2. The monoisotopic (exact) mass is 392 g/mol. The maximum atomic E-state index is 2.84. The molecule has 2 aliphatic heterocycles. The van der Waals surface area contributed by atoms with Gasteiger partial charge in [0.2, 0.25) is 0 Å². The Hall–Kier alpha value is -0.0800. The number of hydrogen-bond acceptors (Lipinski definition) is 2. The quantitative estimate of drug-likeness (QED) is 0.374. The second kappa shape index (κ2) is 11.3. The Morgan fingerprint density at radius 3 is 1.82 bits per heavy atom. The van der Waals surface area contributed by atoms with Gasteiger partial charge in [-0.25, -0.2) is 0 Å². The van der Waals surface area contributed by atoms with E-state index < -0.39 is 0 Å². The first-order chi connectivity index (χ1) is 13.3. The highest BCUT2D eigenvalue weighted by atomic mass is 15.2. The largest absolute Gasteiger partial charge is 0.303 e. The molecule has 2 heteroatoms. The Morgan fingerprint density at radius 1 is 0.750 bits per heavy atom. The molecule has 0 amide bonds. The lowest BCUT2D eigenvalue weighted by Crippen LogP contribution is -2.50. The molecule has 2 saturated heterocycles. The van der Waals surface area contributed by atoms with Crippen molar-refractivity contribution in [2.24, 2.45) is 17.3 Å². The molecule has 1 atom stereocenters. The molecule has 0 spiro atoms. The second-order valence-electron chi connectivity index (χ2n) is 11.2. The number of piperidine rings is 2. The summed E-state index contributed by atoms with van der Waals surface area (Å²) in [6.07, 6.45) is 15.4. The van der Waals surface area contributed by atoms with Gasteiger partial charge in [-0.3, -0.25) is 4.90 Å². The molecule has 0 aromatic heterocycles. The fourth-order valence-corrected chi connectivity index (χ4v) is 5.38. The van der Waals surface area contributed by atoms with E-state index in [0.29, 0.717) is 11.0 Å². The summed E-state index contributed by atoms with van der Waals surface area (Å²) in [6.45, 7) is 21.2. The van der Waals surface area contributed by atoms with E-state index in [9.17, 15) is 0 Å². The molecule has 2 aliphatic rings. The summed E-state index contributed by atoms with van der Waals surface area (Å²) >= 11 is 0. The van der Waals surface area contributed by atoms with Crippen LogP contribution in [0.2, 0.25) is 0 Å². The van der Waals surface area contributed by atoms with E-state index in [1.165, 1.54) is 103 Å². The average Bonchev–Trinajstić information content (AvgIpc) is 2.72. The molecule has 0 bridgehead atoms. The number of rotatable bonds is 11. The zero-order valence-corrected chi connectivity index (χ0v) is 20.4. The van der Waals surface area contributed by atoms with Gasteiger partial charge in [-0.2, -0.15) is 0 Å². The van der Waals surface area contributed by atoms with E-state index in [2.05, 4.69) is 51.3 Å². The summed E-state index contributed by atoms with van der Waals surface area (Å²) in [4.78, 5) is 5.59. The van der Waals surface area contributed by atoms with Crippen LogP contribution in [-0.2, 0) is 0 Å². The van der Waals surface area contributed by atoms with E-state index in [-0.39, 0.29) is 0 Å². The lowest BCUT2D eigenvalue weighted by molar-refractivity contribution is 0.0425. The highest BCUT2D eigenvalue weighted by Gasteiger charge is 2.33. The molecule has 0 aromatic carbocycles. The third-order valence-corrected chi connectivity index (χ3v) is 8.64. The molecule has 166 valence electrons. The van der Waals surface area contributed by atoms with Gasteiger partial charge in [0, 0.05) is 5.54 Å². The van der Waals surface area contributed by atoms with Crippen molar-refractivity contribution in [3.63, 3.8) is 0 Å². The highest BCUT2D eigenvalue weighted by molar-refractivity contribution is 4.89. The highest BCUT2D eigenvalue weighted by Crippen LogP contribution is 2.35. The Morgan fingerprint density at radius 2 is 1.32 bits per heavy atom. The maximum Gasteiger partial charge on any atom is 0.0178 e. The van der Waals surface area contributed by atoms with Crippen LogP contribution in [0.3, 0.4) is 0 Å². The molecule has 0 aliphatic carbocycles. The van der Waals surface area contributed by atoms with Crippen molar-refractivity contribution in [2.75, 3.05) is 32.7 Å². The SMILES string of the molecule is CCCCC(C)(CC)N1CCC(CC2CCN(CCC(C)(C)CC)CC2)CC1. The molecule has 28 heavy (non-hydrogen) atoms. The normalized spacial score (nSPS) is 23.8. The molecular weight excluding hydrogens is 340 g/mol. The second-order valence-corrected chi connectivity index (χ2v) is 11.2. The third-order valence-electron chi connectivity index (χ3n) is 8.64. The molecule has 0 saturated carbocycles. The van der Waals surface area contributed by atoms with Gasteiger partial charge < -0.3 is 4.90 Å². The molecule has 2 rings (SSSR count). The van der Waals surface area contributed by atoms with Crippen molar-refractivity contribution in [1.29, 1.82) is 0 Å². The predicted octanol–water partition coefficient (Wildman–Crippen LogP) is 6.99. The molecule has 0 radical (unpaired) electrons. The van der Waals surface area contributed by atoms with E-state index in [1.807, 2.05) is 0 Å².